The summed E-state index contributed by atoms with van der Waals surface area (Å²) < 4.78 is 11.0. The largest absolute Gasteiger partial charge is 0.497 e. The topological polar surface area (TPSA) is 76.8 Å². The van der Waals surface area contributed by atoms with Gasteiger partial charge in [-0.2, -0.15) is 0 Å². The van der Waals surface area contributed by atoms with Gasteiger partial charge in [-0.25, -0.2) is 9.69 Å². The molecule has 6 nitrogen and oxygen atoms in total. The third-order valence-corrected chi connectivity index (χ3v) is 7.02. The van der Waals surface area contributed by atoms with Crippen LogP contribution in [0.5, 0.6) is 5.75 Å². The van der Waals surface area contributed by atoms with Crippen LogP contribution in [-0.4, -0.2) is 18.9 Å². The van der Waals surface area contributed by atoms with Crippen LogP contribution in [0.1, 0.15) is 28.5 Å². The maximum absolute atomic E-state index is 13.8. The number of rotatable bonds is 3. The van der Waals surface area contributed by atoms with Gasteiger partial charge >= 0.3 is 5.63 Å². The lowest BCUT2D eigenvalue weighted by molar-refractivity contribution is -0.122. The minimum Gasteiger partial charge on any atom is -0.497 e. The van der Waals surface area contributed by atoms with Crippen LogP contribution in [0.25, 0.3) is 11.0 Å². The number of fused-ring (bicyclic) bond motifs is 5. The van der Waals surface area contributed by atoms with Gasteiger partial charge in [0, 0.05) is 17.4 Å². The first-order valence-electron chi connectivity index (χ1n) is 11.2. The van der Waals surface area contributed by atoms with Gasteiger partial charge in [-0.05, 0) is 41.8 Å². The number of anilines is 1. The summed E-state index contributed by atoms with van der Waals surface area (Å²) in [4.78, 5) is 42.0. The van der Waals surface area contributed by atoms with Gasteiger partial charge in [0.25, 0.3) is 0 Å². The molecule has 2 heterocycles. The second-order valence-electron chi connectivity index (χ2n) is 8.72. The highest BCUT2D eigenvalue weighted by atomic mass is 16.5. The number of carbonyl (C=O) groups is 2. The Morgan fingerprint density at radius 3 is 2.29 bits per heavy atom. The first-order valence-corrected chi connectivity index (χ1v) is 11.2. The molecule has 34 heavy (non-hydrogen) atoms. The number of ether oxygens (including phenoxy) is 1. The molecular weight excluding hydrogens is 430 g/mol. The van der Waals surface area contributed by atoms with E-state index in [2.05, 4.69) is 0 Å². The Hall–Kier alpha value is -4.19. The second-order valence-corrected chi connectivity index (χ2v) is 8.72. The molecule has 2 aliphatic rings. The quantitative estimate of drug-likeness (QED) is 0.341. The molecule has 0 spiro atoms. The normalized spacial score (nSPS) is 21.4. The predicted molar refractivity (Wildman–Crippen MR) is 127 cm³/mol. The van der Waals surface area contributed by atoms with E-state index in [0.29, 0.717) is 29.0 Å². The number of para-hydroxylation sites is 1. The van der Waals surface area contributed by atoms with Crippen molar-refractivity contribution in [1.29, 1.82) is 0 Å². The number of imide groups is 1. The van der Waals surface area contributed by atoms with Gasteiger partial charge in [0.2, 0.25) is 11.8 Å². The number of hydrogen-bond donors (Lipinski definition) is 0. The van der Waals surface area contributed by atoms with Gasteiger partial charge in [0.05, 0.1) is 30.2 Å². The highest BCUT2D eigenvalue weighted by Gasteiger charge is 2.56. The molecular formula is C28H21NO5. The second kappa shape index (κ2) is 7.70. The van der Waals surface area contributed by atoms with Crippen molar-refractivity contribution in [3.63, 3.8) is 0 Å². The van der Waals surface area contributed by atoms with E-state index < -0.39 is 17.5 Å². The molecule has 2 unspecified atom stereocenters. The zero-order valence-corrected chi connectivity index (χ0v) is 18.4. The Morgan fingerprint density at radius 1 is 0.882 bits per heavy atom. The van der Waals surface area contributed by atoms with E-state index in [1.807, 2.05) is 48.5 Å². The van der Waals surface area contributed by atoms with Gasteiger partial charge in [-0.15, -0.1) is 0 Å². The average molecular weight is 451 g/mol. The third kappa shape index (κ3) is 2.91. The molecule has 1 aliphatic carbocycles. The first-order chi connectivity index (χ1) is 16.6. The molecule has 0 radical (unpaired) electrons. The molecule has 3 atom stereocenters. The van der Waals surface area contributed by atoms with E-state index in [9.17, 15) is 14.4 Å². The Morgan fingerprint density at radius 2 is 1.59 bits per heavy atom. The maximum Gasteiger partial charge on any atom is 0.340 e. The van der Waals surface area contributed by atoms with Crippen molar-refractivity contribution < 1.29 is 18.7 Å². The zero-order chi connectivity index (χ0) is 23.4. The van der Waals surface area contributed by atoms with Crippen molar-refractivity contribution in [2.24, 2.45) is 5.92 Å². The van der Waals surface area contributed by atoms with E-state index in [1.54, 1.807) is 37.4 Å². The zero-order valence-electron chi connectivity index (χ0n) is 18.4. The molecule has 1 aromatic heterocycles. The van der Waals surface area contributed by atoms with Gasteiger partial charge in [0.15, 0.2) is 0 Å². The molecule has 0 bridgehead atoms. The standard InChI is InChI=1S/C28H21NO5/c1-33-18-12-13-19-21-15-20(16-8-4-2-5-9-16)23-25(24(21)28(32)34-22(19)14-18)27(31)29(26(23)30)17-10-6-3-7-11-17/h2-14,20,23,25H,15H2,1H3/t20-,23?,25?/m0/s1. The van der Waals surface area contributed by atoms with Crippen LogP contribution in [0.15, 0.2) is 88.1 Å². The molecule has 6 rings (SSSR count). The van der Waals surface area contributed by atoms with Crippen molar-refractivity contribution in [1.82, 2.24) is 0 Å². The van der Waals surface area contributed by atoms with Gasteiger partial charge in [-0.3, -0.25) is 9.59 Å². The third-order valence-electron chi connectivity index (χ3n) is 7.02. The number of nitrogens with zero attached hydrogens (tertiary/aromatic N) is 1. The monoisotopic (exact) mass is 451 g/mol. The Kier molecular flexibility index (Phi) is 4.62. The van der Waals surface area contributed by atoms with Crippen LogP contribution in [-0.2, 0) is 16.0 Å². The van der Waals surface area contributed by atoms with Crippen molar-refractivity contribution >= 4 is 28.5 Å². The van der Waals surface area contributed by atoms with Crippen LogP contribution in [0.3, 0.4) is 0 Å². The van der Waals surface area contributed by atoms with E-state index in [0.717, 1.165) is 16.5 Å². The summed E-state index contributed by atoms with van der Waals surface area (Å²) in [5.41, 5.74) is 2.37. The van der Waals surface area contributed by atoms with Gasteiger partial charge in [0.1, 0.15) is 11.3 Å². The SMILES string of the molecule is COc1ccc2c3c(c(=O)oc2c1)C1C(=O)N(c2ccccc2)C(=O)C1[C@H](c1ccccc1)C3. The van der Waals surface area contributed by atoms with E-state index in [4.69, 9.17) is 9.15 Å². The lowest BCUT2D eigenvalue weighted by Crippen LogP contribution is -2.34. The van der Waals surface area contributed by atoms with Crippen LogP contribution in [0.2, 0.25) is 0 Å². The molecule has 2 amide bonds. The number of amides is 2. The summed E-state index contributed by atoms with van der Waals surface area (Å²) in [7, 11) is 1.55. The summed E-state index contributed by atoms with van der Waals surface area (Å²) in [6.45, 7) is 0. The summed E-state index contributed by atoms with van der Waals surface area (Å²) in [6.07, 6.45) is 0.455. The van der Waals surface area contributed by atoms with Crippen LogP contribution in [0, 0.1) is 5.92 Å². The van der Waals surface area contributed by atoms with Crippen molar-refractivity contribution in [3.8, 4) is 5.75 Å². The molecule has 4 aromatic rings. The minimum atomic E-state index is -0.899. The number of hydrogen-bond acceptors (Lipinski definition) is 5. The fourth-order valence-electron chi connectivity index (χ4n) is 5.53. The number of benzene rings is 3. The van der Waals surface area contributed by atoms with Crippen molar-refractivity contribution in [2.75, 3.05) is 12.0 Å². The number of methoxy groups -OCH3 is 1. The molecule has 1 saturated heterocycles. The Balaban J connectivity index is 1.61. The summed E-state index contributed by atoms with van der Waals surface area (Å²) in [6, 6.07) is 24.0. The molecule has 0 saturated carbocycles. The van der Waals surface area contributed by atoms with E-state index in [1.165, 1.54) is 4.90 Å². The first kappa shape index (κ1) is 20.4. The van der Waals surface area contributed by atoms with Crippen LogP contribution < -0.4 is 15.3 Å². The highest BCUT2D eigenvalue weighted by molar-refractivity contribution is 6.24. The lowest BCUT2D eigenvalue weighted by Gasteiger charge is -2.32. The summed E-state index contributed by atoms with van der Waals surface area (Å²) in [5.74, 6) is -1.92. The minimum absolute atomic E-state index is 0.254. The summed E-state index contributed by atoms with van der Waals surface area (Å²) >= 11 is 0. The van der Waals surface area contributed by atoms with Gasteiger partial charge < -0.3 is 9.15 Å². The Labute approximate surface area is 195 Å². The predicted octanol–water partition coefficient (Wildman–Crippen LogP) is 4.41. The van der Waals surface area contributed by atoms with Crippen LogP contribution >= 0.6 is 0 Å². The van der Waals surface area contributed by atoms with Gasteiger partial charge in [-0.1, -0.05) is 48.5 Å². The Bertz CT molecular complexity index is 1490. The van der Waals surface area contributed by atoms with Crippen molar-refractivity contribution in [2.45, 2.75) is 18.3 Å². The highest BCUT2D eigenvalue weighted by Crippen LogP contribution is 2.51. The summed E-state index contributed by atoms with van der Waals surface area (Å²) in [5, 5.41) is 0.758. The molecule has 0 N–H and O–H groups in total. The van der Waals surface area contributed by atoms with E-state index in [-0.39, 0.29) is 17.7 Å². The molecule has 168 valence electrons. The smallest absolute Gasteiger partial charge is 0.340 e. The fraction of sp³-hybridized carbons (Fsp3) is 0.179. The molecule has 3 aromatic carbocycles. The lowest BCUT2D eigenvalue weighted by atomic mass is 9.67. The molecule has 1 aliphatic heterocycles. The van der Waals surface area contributed by atoms with Crippen LogP contribution in [0.4, 0.5) is 5.69 Å². The maximum atomic E-state index is 13.8. The van der Waals surface area contributed by atoms with Crippen molar-refractivity contribution in [3.05, 3.63) is 106 Å². The van der Waals surface area contributed by atoms with E-state index >= 15 is 0 Å². The average Bonchev–Trinajstić information content (AvgIpc) is 3.14. The molecule has 6 heteroatoms. The number of carbonyl (C=O) groups excluding carboxylic acids is 2. The molecule has 1 fully saturated rings. The fourth-order valence-corrected chi connectivity index (χ4v) is 5.53.